The Balaban J connectivity index is 2.16. The summed E-state index contributed by atoms with van der Waals surface area (Å²) >= 11 is 6.12. The molecule has 0 fully saturated rings. The molecule has 0 radical (unpaired) electrons. The monoisotopic (exact) mass is 258 g/mol. The van der Waals surface area contributed by atoms with Gasteiger partial charge in [-0.3, -0.25) is 4.98 Å². The van der Waals surface area contributed by atoms with Gasteiger partial charge in [-0.05, 0) is 35.9 Å². The Morgan fingerprint density at radius 3 is 2.89 bits per heavy atom. The molecule has 90 valence electrons. The highest BCUT2D eigenvalue weighted by molar-refractivity contribution is 6.35. The molecule has 0 saturated carbocycles. The van der Waals surface area contributed by atoms with Crippen LogP contribution in [0.5, 0.6) is 0 Å². The number of nitrogens with two attached hydrogens (primary N) is 1. The van der Waals surface area contributed by atoms with Crippen LogP contribution in [0.3, 0.4) is 0 Å². The van der Waals surface area contributed by atoms with Crippen LogP contribution >= 0.6 is 11.6 Å². The fourth-order valence-electron chi connectivity index (χ4n) is 1.89. The average Bonchev–Trinajstić information content (AvgIpc) is 2.84. The molecular formula is C14H11ClN2O. The van der Waals surface area contributed by atoms with Gasteiger partial charge in [-0.25, -0.2) is 0 Å². The van der Waals surface area contributed by atoms with E-state index in [-0.39, 0.29) is 0 Å². The summed E-state index contributed by atoms with van der Waals surface area (Å²) in [5.74, 6) is 0.702. The third-order valence-corrected chi connectivity index (χ3v) is 3.15. The minimum absolute atomic E-state index is 0.483. The van der Waals surface area contributed by atoms with Crippen LogP contribution in [-0.2, 0) is 6.54 Å². The van der Waals surface area contributed by atoms with Crippen LogP contribution in [0.25, 0.3) is 22.4 Å². The van der Waals surface area contributed by atoms with E-state index in [9.17, 15) is 0 Å². The Morgan fingerprint density at radius 1 is 1.22 bits per heavy atom. The first-order valence-electron chi connectivity index (χ1n) is 5.61. The number of hydrogen-bond acceptors (Lipinski definition) is 3. The quantitative estimate of drug-likeness (QED) is 0.764. The highest BCUT2D eigenvalue weighted by Crippen LogP contribution is 2.31. The summed E-state index contributed by atoms with van der Waals surface area (Å²) in [6.07, 6.45) is 1.73. The van der Waals surface area contributed by atoms with Crippen molar-refractivity contribution < 1.29 is 4.42 Å². The maximum atomic E-state index is 6.12. The third-order valence-electron chi connectivity index (χ3n) is 2.82. The predicted molar refractivity (Wildman–Crippen MR) is 72.3 cm³/mol. The Kier molecular flexibility index (Phi) is 2.78. The van der Waals surface area contributed by atoms with Gasteiger partial charge < -0.3 is 10.2 Å². The number of rotatable bonds is 2. The minimum Gasteiger partial charge on any atom is -0.454 e. The number of furan rings is 1. The Labute approximate surface area is 109 Å². The molecule has 0 saturated heterocycles. The van der Waals surface area contributed by atoms with E-state index in [1.165, 1.54) is 0 Å². The molecule has 3 rings (SSSR count). The normalized spacial score (nSPS) is 11.0. The zero-order chi connectivity index (χ0) is 12.5. The molecule has 2 N–H and O–H groups in total. The summed E-state index contributed by atoms with van der Waals surface area (Å²) in [6, 6.07) is 11.3. The smallest absolute Gasteiger partial charge is 0.153 e. The van der Waals surface area contributed by atoms with Gasteiger partial charge in [0.2, 0.25) is 0 Å². The summed E-state index contributed by atoms with van der Waals surface area (Å²) in [5.41, 5.74) is 8.17. The van der Waals surface area contributed by atoms with E-state index in [1.807, 2.05) is 36.4 Å². The molecule has 3 nitrogen and oxygen atoms in total. The third kappa shape index (κ3) is 1.88. The molecule has 4 heteroatoms. The van der Waals surface area contributed by atoms with Crippen molar-refractivity contribution in [2.24, 2.45) is 5.73 Å². The molecule has 0 aliphatic heterocycles. The highest BCUT2D eigenvalue weighted by atomic mass is 35.5. The fraction of sp³-hybridized carbons (Fsp3) is 0.0714. The van der Waals surface area contributed by atoms with Gasteiger partial charge in [0.05, 0.1) is 5.02 Å². The van der Waals surface area contributed by atoms with Crippen LogP contribution in [-0.4, -0.2) is 4.98 Å². The standard InChI is InChI=1S/C14H11ClN2O/c15-11-2-1-3-13-10(11)7-14(18-13)12-6-9(8-16)4-5-17-12/h1-7H,8,16H2. The van der Waals surface area contributed by atoms with E-state index in [2.05, 4.69) is 4.98 Å². The van der Waals surface area contributed by atoms with Gasteiger partial charge in [0.15, 0.2) is 5.76 Å². The van der Waals surface area contributed by atoms with Crippen LogP contribution in [0.4, 0.5) is 0 Å². The van der Waals surface area contributed by atoms with Crippen molar-refractivity contribution in [3.8, 4) is 11.5 Å². The van der Waals surface area contributed by atoms with Crippen molar-refractivity contribution in [3.05, 3.63) is 53.2 Å². The molecule has 0 bridgehead atoms. The molecule has 1 aromatic carbocycles. The maximum absolute atomic E-state index is 6.12. The van der Waals surface area contributed by atoms with Crippen molar-refractivity contribution >= 4 is 22.6 Å². The number of pyridine rings is 1. The van der Waals surface area contributed by atoms with Gasteiger partial charge in [-0.2, -0.15) is 0 Å². The number of benzene rings is 1. The average molecular weight is 259 g/mol. The molecule has 0 unspecified atom stereocenters. The maximum Gasteiger partial charge on any atom is 0.153 e. The molecule has 3 aromatic rings. The molecule has 0 aliphatic rings. The zero-order valence-electron chi connectivity index (χ0n) is 9.56. The highest BCUT2D eigenvalue weighted by Gasteiger charge is 2.09. The Morgan fingerprint density at radius 2 is 2.11 bits per heavy atom. The van der Waals surface area contributed by atoms with Crippen molar-refractivity contribution in [1.82, 2.24) is 4.98 Å². The van der Waals surface area contributed by atoms with Crippen LogP contribution in [0.2, 0.25) is 5.02 Å². The molecular weight excluding hydrogens is 248 g/mol. The first-order chi connectivity index (χ1) is 8.78. The number of aromatic nitrogens is 1. The van der Waals surface area contributed by atoms with E-state index in [1.54, 1.807) is 6.20 Å². The van der Waals surface area contributed by atoms with Gasteiger partial charge >= 0.3 is 0 Å². The minimum atomic E-state index is 0.483. The molecule has 2 heterocycles. The first-order valence-corrected chi connectivity index (χ1v) is 5.99. The largest absolute Gasteiger partial charge is 0.454 e. The van der Waals surface area contributed by atoms with Crippen LogP contribution in [0.15, 0.2) is 47.0 Å². The number of fused-ring (bicyclic) bond motifs is 1. The summed E-state index contributed by atoms with van der Waals surface area (Å²) < 4.78 is 5.75. The van der Waals surface area contributed by atoms with Gasteiger partial charge in [0.1, 0.15) is 11.3 Å². The predicted octanol–water partition coefficient (Wildman–Crippen LogP) is 3.61. The lowest BCUT2D eigenvalue weighted by atomic mass is 10.2. The van der Waals surface area contributed by atoms with Gasteiger partial charge in [0, 0.05) is 18.1 Å². The molecule has 0 atom stereocenters. The van der Waals surface area contributed by atoms with Crippen LogP contribution in [0, 0.1) is 0 Å². The van der Waals surface area contributed by atoms with Crippen molar-refractivity contribution in [3.63, 3.8) is 0 Å². The number of halogens is 1. The molecule has 18 heavy (non-hydrogen) atoms. The first kappa shape index (κ1) is 11.3. The second kappa shape index (κ2) is 4.44. The van der Waals surface area contributed by atoms with Gasteiger partial charge in [-0.1, -0.05) is 17.7 Å². The summed E-state index contributed by atoms with van der Waals surface area (Å²) in [6.45, 7) is 0.483. The topological polar surface area (TPSA) is 52.0 Å². The summed E-state index contributed by atoms with van der Waals surface area (Å²) in [4.78, 5) is 4.29. The van der Waals surface area contributed by atoms with Crippen molar-refractivity contribution in [2.75, 3.05) is 0 Å². The van der Waals surface area contributed by atoms with Crippen LogP contribution < -0.4 is 5.73 Å². The van der Waals surface area contributed by atoms with E-state index < -0.39 is 0 Å². The van der Waals surface area contributed by atoms with E-state index in [4.69, 9.17) is 21.8 Å². The molecule has 0 aliphatic carbocycles. The lowest BCUT2D eigenvalue weighted by Gasteiger charge is -1.98. The Hall–Kier alpha value is -1.84. The van der Waals surface area contributed by atoms with Gasteiger partial charge in [-0.15, -0.1) is 0 Å². The molecule has 0 amide bonds. The summed E-state index contributed by atoms with van der Waals surface area (Å²) in [5, 5.41) is 1.58. The fourth-order valence-corrected chi connectivity index (χ4v) is 2.11. The second-order valence-corrected chi connectivity index (χ2v) is 4.42. The van der Waals surface area contributed by atoms with E-state index in [0.29, 0.717) is 17.3 Å². The van der Waals surface area contributed by atoms with Crippen molar-refractivity contribution in [1.29, 1.82) is 0 Å². The Bertz CT molecular complexity index is 706. The molecule has 0 spiro atoms. The molecule has 2 aromatic heterocycles. The second-order valence-electron chi connectivity index (χ2n) is 4.02. The number of hydrogen-bond donors (Lipinski definition) is 1. The number of nitrogens with zero attached hydrogens (tertiary/aromatic N) is 1. The van der Waals surface area contributed by atoms with E-state index in [0.717, 1.165) is 22.2 Å². The van der Waals surface area contributed by atoms with Crippen molar-refractivity contribution in [2.45, 2.75) is 6.54 Å². The summed E-state index contributed by atoms with van der Waals surface area (Å²) in [7, 11) is 0. The zero-order valence-corrected chi connectivity index (χ0v) is 10.3. The SMILES string of the molecule is NCc1ccnc(-c2cc3c(Cl)cccc3o2)c1. The van der Waals surface area contributed by atoms with E-state index >= 15 is 0 Å². The lowest BCUT2D eigenvalue weighted by molar-refractivity contribution is 0.628. The van der Waals surface area contributed by atoms with Gasteiger partial charge in [0.25, 0.3) is 0 Å². The van der Waals surface area contributed by atoms with Crippen LogP contribution in [0.1, 0.15) is 5.56 Å². The lowest BCUT2D eigenvalue weighted by Crippen LogP contribution is -1.96.